The van der Waals surface area contributed by atoms with Crippen molar-refractivity contribution in [1.82, 2.24) is 15.1 Å². The number of nitrogens with zero attached hydrogens (tertiary/aromatic N) is 2. The van der Waals surface area contributed by atoms with Gasteiger partial charge in [-0.25, -0.2) is 0 Å². The van der Waals surface area contributed by atoms with Crippen LogP contribution in [0.5, 0.6) is 0 Å². The molecule has 4 heteroatoms. The van der Waals surface area contributed by atoms with Crippen LogP contribution < -0.4 is 5.32 Å². The van der Waals surface area contributed by atoms with Crippen LogP contribution in [-0.4, -0.2) is 41.4 Å². The number of carbonyl (C=O) groups is 1. The first-order valence-corrected chi connectivity index (χ1v) is 11.1. The van der Waals surface area contributed by atoms with E-state index >= 15 is 0 Å². The zero-order chi connectivity index (χ0) is 19.9. The number of benzene rings is 2. The lowest BCUT2D eigenvalue weighted by Crippen LogP contribution is -2.42. The maximum Gasteiger partial charge on any atom is 0.237 e. The molecular formula is C25H33N3O. The van der Waals surface area contributed by atoms with E-state index < -0.39 is 0 Å². The third-order valence-electron chi connectivity index (χ3n) is 6.24. The molecule has 2 fully saturated rings. The monoisotopic (exact) mass is 391 g/mol. The topological polar surface area (TPSA) is 35.6 Å². The van der Waals surface area contributed by atoms with Crippen LogP contribution in [0.2, 0.25) is 0 Å². The van der Waals surface area contributed by atoms with E-state index in [4.69, 9.17) is 0 Å². The summed E-state index contributed by atoms with van der Waals surface area (Å²) in [4.78, 5) is 17.6. The Bertz CT molecular complexity index is 768. The molecule has 1 N–H and O–H groups in total. The molecule has 0 aromatic heterocycles. The molecular weight excluding hydrogens is 358 g/mol. The second kappa shape index (κ2) is 10.0. The maximum absolute atomic E-state index is 12.8. The molecule has 1 unspecified atom stereocenters. The molecule has 0 aliphatic carbocycles. The molecule has 0 bridgehead atoms. The molecule has 2 aliphatic heterocycles. The summed E-state index contributed by atoms with van der Waals surface area (Å²) in [6, 6.07) is 19.2. The molecule has 2 heterocycles. The molecule has 0 saturated carbocycles. The maximum atomic E-state index is 12.8. The van der Waals surface area contributed by atoms with Crippen LogP contribution in [-0.2, 0) is 24.4 Å². The summed E-state index contributed by atoms with van der Waals surface area (Å²) in [6.07, 6.45) is 6.07. The highest BCUT2D eigenvalue weighted by atomic mass is 16.2. The summed E-state index contributed by atoms with van der Waals surface area (Å²) in [7, 11) is 0. The van der Waals surface area contributed by atoms with Crippen molar-refractivity contribution in [2.24, 2.45) is 0 Å². The van der Waals surface area contributed by atoms with Crippen LogP contribution in [0.4, 0.5) is 0 Å². The minimum Gasteiger partial charge on any atom is -0.351 e. The highest BCUT2D eigenvalue weighted by Gasteiger charge is 2.30. The van der Waals surface area contributed by atoms with Crippen molar-refractivity contribution in [3.63, 3.8) is 0 Å². The normalized spacial score (nSPS) is 20.6. The van der Waals surface area contributed by atoms with Gasteiger partial charge in [-0.05, 0) is 62.0 Å². The predicted molar refractivity (Wildman–Crippen MR) is 117 cm³/mol. The smallest absolute Gasteiger partial charge is 0.237 e. The molecule has 2 aromatic rings. The van der Waals surface area contributed by atoms with E-state index in [2.05, 4.69) is 63.6 Å². The minimum atomic E-state index is -0.00594. The molecule has 0 radical (unpaired) electrons. The molecule has 0 spiro atoms. The first-order chi connectivity index (χ1) is 14.3. The number of rotatable bonds is 7. The SMILES string of the molecule is O=C(NCc1ccc(CN2CCCCC2)cc1)C1CCCN1Cc1ccccc1. The molecule has 2 aromatic carbocycles. The molecule has 154 valence electrons. The molecule has 2 aliphatic rings. The van der Waals surface area contributed by atoms with E-state index in [0.717, 1.165) is 32.5 Å². The third-order valence-corrected chi connectivity index (χ3v) is 6.24. The second-order valence-electron chi connectivity index (χ2n) is 8.49. The first-order valence-electron chi connectivity index (χ1n) is 11.1. The number of carbonyl (C=O) groups excluding carboxylic acids is 1. The summed E-state index contributed by atoms with van der Waals surface area (Å²) >= 11 is 0. The van der Waals surface area contributed by atoms with Gasteiger partial charge in [-0.2, -0.15) is 0 Å². The van der Waals surface area contributed by atoms with Crippen molar-refractivity contribution >= 4 is 5.91 Å². The highest BCUT2D eigenvalue weighted by molar-refractivity contribution is 5.82. The highest BCUT2D eigenvalue weighted by Crippen LogP contribution is 2.20. The van der Waals surface area contributed by atoms with Crippen LogP contribution >= 0.6 is 0 Å². The summed E-state index contributed by atoms with van der Waals surface area (Å²) in [5.74, 6) is 0.163. The van der Waals surface area contributed by atoms with Crippen molar-refractivity contribution in [1.29, 1.82) is 0 Å². The van der Waals surface area contributed by atoms with E-state index in [9.17, 15) is 4.79 Å². The van der Waals surface area contributed by atoms with E-state index in [0.29, 0.717) is 6.54 Å². The van der Waals surface area contributed by atoms with Crippen molar-refractivity contribution in [3.8, 4) is 0 Å². The van der Waals surface area contributed by atoms with Gasteiger partial charge in [0, 0.05) is 19.6 Å². The average Bonchev–Trinajstić information content (AvgIpc) is 3.23. The largest absolute Gasteiger partial charge is 0.351 e. The number of likely N-dealkylation sites (tertiary alicyclic amines) is 2. The predicted octanol–water partition coefficient (Wildman–Crippen LogP) is 3.95. The summed E-state index contributed by atoms with van der Waals surface area (Å²) < 4.78 is 0. The Kier molecular flexibility index (Phi) is 6.96. The zero-order valence-electron chi connectivity index (χ0n) is 17.4. The van der Waals surface area contributed by atoms with Gasteiger partial charge in [-0.3, -0.25) is 14.6 Å². The number of hydrogen-bond acceptors (Lipinski definition) is 3. The Morgan fingerprint density at radius 1 is 0.793 bits per heavy atom. The minimum absolute atomic E-state index is 0.00594. The molecule has 4 rings (SSSR count). The Balaban J connectivity index is 1.26. The molecule has 4 nitrogen and oxygen atoms in total. The Labute approximate surface area is 174 Å². The number of hydrogen-bond donors (Lipinski definition) is 1. The quantitative estimate of drug-likeness (QED) is 0.776. The fraction of sp³-hybridized carbons (Fsp3) is 0.480. The molecule has 1 amide bonds. The Hall–Kier alpha value is -2.17. The fourth-order valence-corrected chi connectivity index (χ4v) is 4.58. The number of piperidine rings is 1. The first kappa shape index (κ1) is 20.1. The Morgan fingerprint density at radius 2 is 1.48 bits per heavy atom. The van der Waals surface area contributed by atoms with Crippen LogP contribution in [0.25, 0.3) is 0 Å². The van der Waals surface area contributed by atoms with Crippen LogP contribution in [0, 0.1) is 0 Å². The fourth-order valence-electron chi connectivity index (χ4n) is 4.58. The summed E-state index contributed by atoms with van der Waals surface area (Å²) in [5, 5.41) is 3.17. The van der Waals surface area contributed by atoms with Gasteiger partial charge in [-0.15, -0.1) is 0 Å². The number of nitrogens with one attached hydrogen (secondary N) is 1. The van der Waals surface area contributed by atoms with Gasteiger partial charge < -0.3 is 5.32 Å². The zero-order valence-corrected chi connectivity index (χ0v) is 17.4. The van der Waals surface area contributed by atoms with E-state index in [-0.39, 0.29) is 11.9 Å². The van der Waals surface area contributed by atoms with Crippen molar-refractivity contribution in [2.45, 2.75) is 57.8 Å². The van der Waals surface area contributed by atoms with Gasteiger partial charge in [-0.1, -0.05) is 61.0 Å². The lowest BCUT2D eigenvalue weighted by atomic mass is 10.1. The lowest BCUT2D eigenvalue weighted by Gasteiger charge is -2.26. The van der Waals surface area contributed by atoms with Gasteiger partial charge >= 0.3 is 0 Å². The second-order valence-corrected chi connectivity index (χ2v) is 8.49. The standard InChI is InChI=1S/C25H33N3O/c29-25(24-10-7-17-28(24)20-22-8-3-1-4-9-22)26-18-21-11-13-23(14-12-21)19-27-15-5-2-6-16-27/h1,3-4,8-9,11-14,24H,2,5-7,10,15-20H2,(H,26,29). The third kappa shape index (κ3) is 5.68. The van der Waals surface area contributed by atoms with Gasteiger partial charge in [0.1, 0.15) is 0 Å². The van der Waals surface area contributed by atoms with Gasteiger partial charge in [0.25, 0.3) is 0 Å². The average molecular weight is 392 g/mol. The van der Waals surface area contributed by atoms with Crippen molar-refractivity contribution < 1.29 is 4.79 Å². The molecule has 2 saturated heterocycles. The molecule has 29 heavy (non-hydrogen) atoms. The number of amides is 1. The summed E-state index contributed by atoms with van der Waals surface area (Å²) in [5.41, 5.74) is 3.82. The molecule has 1 atom stereocenters. The Morgan fingerprint density at radius 3 is 2.24 bits per heavy atom. The van der Waals surface area contributed by atoms with Crippen molar-refractivity contribution in [2.75, 3.05) is 19.6 Å². The van der Waals surface area contributed by atoms with Crippen LogP contribution in [0.1, 0.15) is 48.8 Å². The van der Waals surface area contributed by atoms with Crippen LogP contribution in [0.15, 0.2) is 54.6 Å². The van der Waals surface area contributed by atoms with Crippen LogP contribution in [0.3, 0.4) is 0 Å². The van der Waals surface area contributed by atoms with Gasteiger partial charge in [0.15, 0.2) is 0 Å². The van der Waals surface area contributed by atoms with Gasteiger partial charge in [0.2, 0.25) is 5.91 Å². The lowest BCUT2D eigenvalue weighted by molar-refractivity contribution is -0.125. The summed E-state index contributed by atoms with van der Waals surface area (Å²) in [6.45, 7) is 5.95. The van der Waals surface area contributed by atoms with E-state index in [1.54, 1.807) is 0 Å². The van der Waals surface area contributed by atoms with E-state index in [1.807, 2.05) is 6.07 Å². The van der Waals surface area contributed by atoms with Gasteiger partial charge in [0.05, 0.1) is 6.04 Å². The van der Waals surface area contributed by atoms with E-state index in [1.165, 1.54) is 49.0 Å². The van der Waals surface area contributed by atoms with Crippen molar-refractivity contribution in [3.05, 3.63) is 71.3 Å².